The third kappa shape index (κ3) is 7.48. The first-order valence-corrected chi connectivity index (χ1v) is 12.2. The third-order valence-corrected chi connectivity index (χ3v) is 5.89. The van der Waals surface area contributed by atoms with Gasteiger partial charge in [-0.3, -0.25) is 0 Å². The molecular formula is C29H32F4O2. The van der Waals surface area contributed by atoms with Crippen molar-refractivity contribution < 1.29 is 27.0 Å². The van der Waals surface area contributed by atoms with E-state index in [1.54, 1.807) is 36.4 Å². The second-order valence-electron chi connectivity index (χ2n) is 8.61. The van der Waals surface area contributed by atoms with Crippen LogP contribution in [0.25, 0.3) is 0 Å². The Morgan fingerprint density at radius 1 is 0.686 bits per heavy atom. The fourth-order valence-corrected chi connectivity index (χ4v) is 3.83. The van der Waals surface area contributed by atoms with Gasteiger partial charge in [0.05, 0.1) is 0 Å². The number of benzene rings is 3. The molecule has 3 aromatic rings. The predicted molar refractivity (Wildman–Crippen MR) is 130 cm³/mol. The zero-order valence-electron chi connectivity index (χ0n) is 20.3. The maximum atomic E-state index is 15.0. The lowest BCUT2D eigenvalue weighted by atomic mass is 10.0. The second kappa shape index (κ2) is 12.6. The Morgan fingerprint density at radius 2 is 1.29 bits per heavy atom. The first-order valence-electron chi connectivity index (χ1n) is 12.2. The summed E-state index contributed by atoms with van der Waals surface area (Å²) in [6.45, 7) is 4.15. The van der Waals surface area contributed by atoms with Gasteiger partial charge in [-0.15, -0.1) is 0 Å². The summed E-state index contributed by atoms with van der Waals surface area (Å²) in [4.78, 5) is 0. The molecule has 0 bridgehead atoms. The Balaban J connectivity index is 1.67. The van der Waals surface area contributed by atoms with Crippen LogP contribution in [0, 0.1) is 11.6 Å². The number of alkyl halides is 2. The summed E-state index contributed by atoms with van der Waals surface area (Å²) < 4.78 is 69.2. The van der Waals surface area contributed by atoms with Crippen molar-refractivity contribution in [2.45, 2.75) is 71.3 Å². The van der Waals surface area contributed by atoms with Gasteiger partial charge in [-0.2, -0.15) is 8.78 Å². The highest BCUT2D eigenvalue weighted by Gasteiger charge is 2.42. The molecule has 0 fully saturated rings. The SMILES string of the molecule is CCCCCCCCc1ccc(OC(F)(F)c2c(F)ccc(Oc3ccc(CC)cc3)c2F)cc1. The van der Waals surface area contributed by atoms with Gasteiger partial charge in [0.25, 0.3) is 0 Å². The Hall–Kier alpha value is -3.02. The van der Waals surface area contributed by atoms with E-state index in [4.69, 9.17) is 9.47 Å². The number of ether oxygens (including phenoxy) is 2. The Labute approximate surface area is 204 Å². The molecule has 0 aliphatic rings. The Morgan fingerprint density at radius 3 is 1.94 bits per heavy atom. The molecular weight excluding hydrogens is 456 g/mol. The normalized spacial score (nSPS) is 11.5. The molecule has 0 saturated carbocycles. The van der Waals surface area contributed by atoms with E-state index in [1.165, 1.54) is 37.8 Å². The van der Waals surface area contributed by atoms with Gasteiger partial charge in [0.2, 0.25) is 0 Å². The first kappa shape index (κ1) is 26.6. The fraction of sp³-hybridized carbons (Fsp3) is 0.379. The van der Waals surface area contributed by atoms with Gasteiger partial charge in [0, 0.05) is 0 Å². The number of hydrogen-bond acceptors (Lipinski definition) is 2. The summed E-state index contributed by atoms with van der Waals surface area (Å²) in [6, 6.07) is 14.7. The minimum atomic E-state index is -4.24. The number of aryl methyl sites for hydroxylation is 2. The quantitative estimate of drug-likeness (QED) is 0.176. The number of hydrogen-bond donors (Lipinski definition) is 0. The smallest absolute Gasteiger partial charge is 0.432 e. The minimum Gasteiger partial charge on any atom is -0.454 e. The van der Waals surface area contributed by atoms with E-state index in [-0.39, 0.29) is 11.5 Å². The van der Waals surface area contributed by atoms with Crippen LogP contribution in [-0.2, 0) is 19.0 Å². The summed E-state index contributed by atoms with van der Waals surface area (Å²) in [6.07, 6.45) is 4.39. The summed E-state index contributed by atoms with van der Waals surface area (Å²) in [5.74, 6) is -3.36. The molecule has 0 atom stereocenters. The number of unbranched alkanes of at least 4 members (excludes halogenated alkanes) is 5. The molecule has 0 amide bonds. The molecule has 6 heteroatoms. The van der Waals surface area contributed by atoms with E-state index in [1.807, 2.05) is 6.92 Å². The van der Waals surface area contributed by atoms with Gasteiger partial charge in [-0.1, -0.05) is 70.2 Å². The highest BCUT2D eigenvalue weighted by Crippen LogP contribution is 2.39. The molecule has 0 unspecified atom stereocenters. The van der Waals surface area contributed by atoms with Gasteiger partial charge in [0.15, 0.2) is 11.6 Å². The molecule has 3 rings (SSSR count). The van der Waals surface area contributed by atoms with Crippen LogP contribution in [0.4, 0.5) is 17.6 Å². The summed E-state index contributed by atoms with van der Waals surface area (Å²) in [7, 11) is 0. The minimum absolute atomic E-state index is 0.179. The van der Waals surface area contributed by atoms with Gasteiger partial charge in [-0.25, -0.2) is 8.78 Å². The van der Waals surface area contributed by atoms with Gasteiger partial charge in [-0.05, 0) is 66.8 Å². The van der Waals surface area contributed by atoms with Crippen LogP contribution in [0.1, 0.15) is 69.1 Å². The molecule has 188 valence electrons. The van der Waals surface area contributed by atoms with Crippen LogP contribution in [0.15, 0.2) is 60.7 Å². The standard InChI is InChI=1S/C29H32F4O2/c1-3-5-6-7-8-9-10-22-13-17-24(18-14-22)35-29(32,33)27-25(30)19-20-26(28(27)31)34-23-15-11-21(4-2)12-16-23/h11-20H,3-10H2,1-2H3. The van der Waals surface area contributed by atoms with E-state index in [0.29, 0.717) is 0 Å². The van der Waals surface area contributed by atoms with Crippen LogP contribution in [0.3, 0.4) is 0 Å². The van der Waals surface area contributed by atoms with E-state index in [2.05, 4.69) is 6.92 Å². The summed E-state index contributed by atoms with van der Waals surface area (Å²) in [5, 5.41) is 0. The molecule has 0 aliphatic carbocycles. The van der Waals surface area contributed by atoms with Crippen molar-refractivity contribution in [2.24, 2.45) is 0 Å². The van der Waals surface area contributed by atoms with Crippen molar-refractivity contribution in [2.75, 3.05) is 0 Å². The molecule has 0 heterocycles. The summed E-state index contributed by atoms with van der Waals surface area (Å²) >= 11 is 0. The van der Waals surface area contributed by atoms with Crippen molar-refractivity contribution >= 4 is 0 Å². The average molecular weight is 489 g/mol. The van der Waals surface area contributed by atoms with E-state index < -0.39 is 29.1 Å². The molecule has 35 heavy (non-hydrogen) atoms. The zero-order valence-corrected chi connectivity index (χ0v) is 20.3. The number of rotatable bonds is 13. The maximum Gasteiger partial charge on any atom is 0.432 e. The predicted octanol–water partition coefficient (Wildman–Crippen LogP) is 9.35. The van der Waals surface area contributed by atoms with Crippen LogP contribution in [0.2, 0.25) is 0 Å². The van der Waals surface area contributed by atoms with E-state index in [9.17, 15) is 17.6 Å². The van der Waals surface area contributed by atoms with Crippen LogP contribution in [-0.4, -0.2) is 0 Å². The van der Waals surface area contributed by atoms with Crippen LogP contribution < -0.4 is 9.47 Å². The van der Waals surface area contributed by atoms with Crippen molar-refractivity contribution in [1.82, 2.24) is 0 Å². The van der Waals surface area contributed by atoms with Gasteiger partial charge in [0.1, 0.15) is 22.9 Å². The van der Waals surface area contributed by atoms with Gasteiger partial charge < -0.3 is 9.47 Å². The molecule has 0 aliphatic heterocycles. The lowest BCUT2D eigenvalue weighted by molar-refractivity contribution is -0.189. The largest absolute Gasteiger partial charge is 0.454 e. The lowest BCUT2D eigenvalue weighted by Gasteiger charge is -2.20. The van der Waals surface area contributed by atoms with Crippen LogP contribution in [0.5, 0.6) is 17.2 Å². The molecule has 0 radical (unpaired) electrons. The maximum absolute atomic E-state index is 15.0. The van der Waals surface area contributed by atoms with Crippen molar-refractivity contribution in [3.8, 4) is 17.2 Å². The second-order valence-corrected chi connectivity index (χ2v) is 8.61. The molecule has 2 nitrogen and oxygen atoms in total. The number of halogens is 4. The highest BCUT2D eigenvalue weighted by atomic mass is 19.3. The lowest BCUT2D eigenvalue weighted by Crippen LogP contribution is -2.25. The first-order chi connectivity index (χ1) is 16.8. The molecule has 0 aromatic heterocycles. The van der Waals surface area contributed by atoms with Crippen molar-refractivity contribution in [3.63, 3.8) is 0 Å². The Bertz CT molecular complexity index is 1060. The molecule has 0 spiro atoms. The van der Waals surface area contributed by atoms with E-state index >= 15 is 0 Å². The fourth-order valence-electron chi connectivity index (χ4n) is 3.83. The average Bonchev–Trinajstić information content (AvgIpc) is 2.84. The topological polar surface area (TPSA) is 18.5 Å². The van der Waals surface area contributed by atoms with Crippen LogP contribution >= 0.6 is 0 Å². The zero-order chi connectivity index (χ0) is 25.3. The summed E-state index contributed by atoms with van der Waals surface area (Å²) in [5.41, 5.74) is 0.546. The van der Waals surface area contributed by atoms with Crippen molar-refractivity contribution in [1.29, 1.82) is 0 Å². The molecule has 0 N–H and O–H groups in total. The third-order valence-electron chi connectivity index (χ3n) is 5.89. The molecule has 0 saturated heterocycles. The van der Waals surface area contributed by atoms with Crippen molar-refractivity contribution in [3.05, 3.63) is 89.0 Å². The Kier molecular flexibility index (Phi) is 9.58. The molecule has 3 aromatic carbocycles. The monoisotopic (exact) mass is 488 g/mol. The van der Waals surface area contributed by atoms with Gasteiger partial charge >= 0.3 is 6.11 Å². The van der Waals surface area contributed by atoms with E-state index in [0.717, 1.165) is 48.9 Å². The highest BCUT2D eigenvalue weighted by molar-refractivity contribution is 5.39.